The molecule has 1 aliphatic heterocycles. The van der Waals surface area contributed by atoms with Gasteiger partial charge in [0.15, 0.2) is 0 Å². The second-order valence-electron chi connectivity index (χ2n) is 6.60. The maximum Gasteiger partial charge on any atom is 0.315 e. The van der Waals surface area contributed by atoms with Gasteiger partial charge in [0.05, 0.1) is 5.92 Å². The summed E-state index contributed by atoms with van der Waals surface area (Å²) in [4.78, 5) is 22.7. The summed E-state index contributed by atoms with van der Waals surface area (Å²) in [6.07, 6.45) is 3.95. The summed E-state index contributed by atoms with van der Waals surface area (Å²) in [5.41, 5.74) is 0.697. The molecule has 0 aromatic heterocycles. The van der Waals surface area contributed by atoms with Crippen molar-refractivity contribution in [3.8, 4) is 0 Å². The van der Waals surface area contributed by atoms with Gasteiger partial charge >= 0.3 is 5.97 Å². The zero-order valence-electron chi connectivity index (χ0n) is 11.6. The van der Waals surface area contributed by atoms with Gasteiger partial charge in [0, 0.05) is 18.4 Å². The molecular weight excluding hydrogens is 244 g/mol. The summed E-state index contributed by atoms with van der Waals surface area (Å²) >= 11 is 0. The van der Waals surface area contributed by atoms with Crippen LogP contribution >= 0.6 is 0 Å². The highest BCUT2D eigenvalue weighted by molar-refractivity contribution is 5.80. The molecule has 3 aliphatic rings. The Morgan fingerprint density at radius 3 is 2.89 bits per heavy atom. The summed E-state index contributed by atoms with van der Waals surface area (Å²) in [5, 5.41) is 10.5. The van der Waals surface area contributed by atoms with Crippen molar-refractivity contribution in [3.05, 3.63) is 11.6 Å². The lowest BCUT2D eigenvalue weighted by molar-refractivity contribution is -0.186. The molecular formula is C15H20O4. The van der Waals surface area contributed by atoms with E-state index in [0.717, 1.165) is 12.0 Å². The molecule has 2 aliphatic carbocycles. The molecule has 3 rings (SSSR count). The Kier molecular flexibility index (Phi) is 2.50. The number of allylic oxidation sites excluding steroid dienone is 1. The number of rotatable bonds is 3. The molecule has 1 N–H and O–H groups in total. The van der Waals surface area contributed by atoms with Crippen LogP contribution < -0.4 is 0 Å². The number of aliphatic hydroxyl groups is 1. The largest absolute Gasteiger partial charge is 0.429 e. The van der Waals surface area contributed by atoms with Gasteiger partial charge in [-0.3, -0.25) is 4.79 Å². The summed E-state index contributed by atoms with van der Waals surface area (Å²) in [6.45, 7) is 5.51. The third kappa shape index (κ3) is 1.69. The van der Waals surface area contributed by atoms with E-state index in [1.165, 1.54) is 0 Å². The normalized spacial score (nSPS) is 47.1. The van der Waals surface area contributed by atoms with Gasteiger partial charge < -0.3 is 14.6 Å². The van der Waals surface area contributed by atoms with Crippen LogP contribution in [0.1, 0.15) is 40.0 Å². The first-order chi connectivity index (χ1) is 8.78. The number of Topliss-reactive ketones (excluding diaryl/α,β-unsaturated/α-hetero) is 1. The van der Waals surface area contributed by atoms with E-state index in [2.05, 4.69) is 6.92 Å². The summed E-state index contributed by atoms with van der Waals surface area (Å²) in [6, 6.07) is 0. The lowest BCUT2D eigenvalue weighted by atomic mass is 9.82. The van der Waals surface area contributed by atoms with E-state index >= 15 is 0 Å². The molecule has 104 valence electrons. The van der Waals surface area contributed by atoms with Crippen LogP contribution in [0.3, 0.4) is 0 Å². The Balaban J connectivity index is 1.83. The number of ketones is 1. The lowest BCUT2D eigenvalue weighted by Gasteiger charge is -2.30. The minimum absolute atomic E-state index is 0.0297. The third-order valence-electron chi connectivity index (χ3n) is 5.26. The molecule has 19 heavy (non-hydrogen) atoms. The predicted octanol–water partition coefficient (Wildman–Crippen LogP) is 1.82. The molecule has 1 saturated heterocycles. The molecule has 5 unspecified atom stereocenters. The number of carbonyl (C=O) groups is 2. The average Bonchev–Trinajstić information content (AvgIpc) is 2.77. The van der Waals surface area contributed by atoms with Gasteiger partial charge in [0.1, 0.15) is 5.78 Å². The molecule has 1 saturated carbocycles. The number of esters is 1. The van der Waals surface area contributed by atoms with Gasteiger partial charge in [-0.25, -0.2) is 0 Å². The Morgan fingerprint density at radius 2 is 2.26 bits per heavy atom. The fourth-order valence-corrected chi connectivity index (χ4v) is 4.02. The van der Waals surface area contributed by atoms with E-state index < -0.39 is 5.79 Å². The SMILES string of the molecule is CC(=O)CCC1C2C=C3C(C)C(=O)OC3(O)CC21C. The second-order valence-corrected chi connectivity index (χ2v) is 6.60. The van der Waals surface area contributed by atoms with E-state index in [-0.39, 0.29) is 23.1 Å². The Bertz CT molecular complexity index is 494. The van der Waals surface area contributed by atoms with Gasteiger partial charge in [-0.15, -0.1) is 0 Å². The molecule has 0 aromatic rings. The molecule has 0 spiro atoms. The molecule has 4 nitrogen and oxygen atoms in total. The molecule has 1 heterocycles. The van der Waals surface area contributed by atoms with Crippen molar-refractivity contribution < 1.29 is 19.4 Å². The van der Waals surface area contributed by atoms with Crippen molar-refractivity contribution in [1.29, 1.82) is 0 Å². The minimum Gasteiger partial charge on any atom is -0.429 e. The molecule has 0 aromatic carbocycles. The number of ether oxygens (including phenoxy) is 1. The van der Waals surface area contributed by atoms with Crippen molar-refractivity contribution in [2.45, 2.75) is 45.8 Å². The van der Waals surface area contributed by atoms with E-state index in [9.17, 15) is 14.7 Å². The van der Waals surface area contributed by atoms with Crippen LogP contribution in [0.15, 0.2) is 11.6 Å². The first kappa shape index (κ1) is 12.9. The molecule has 0 amide bonds. The second kappa shape index (κ2) is 3.69. The summed E-state index contributed by atoms with van der Waals surface area (Å²) in [5.74, 6) is -1.07. The topological polar surface area (TPSA) is 63.6 Å². The average molecular weight is 264 g/mol. The van der Waals surface area contributed by atoms with E-state index in [4.69, 9.17) is 4.74 Å². The van der Waals surface area contributed by atoms with Crippen molar-refractivity contribution in [3.63, 3.8) is 0 Å². The molecule has 0 bridgehead atoms. The number of hydrogen-bond donors (Lipinski definition) is 1. The number of hydrogen-bond acceptors (Lipinski definition) is 4. The highest BCUT2D eigenvalue weighted by atomic mass is 16.7. The maximum atomic E-state index is 11.6. The first-order valence-corrected chi connectivity index (χ1v) is 6.95. The summed E-state index contributed by atoms with van der Waals surface area (Å²) < 4.78 is 5.18. The molecule has 4 heteroatoms. The van der Waals surface area contributed by atoms with Crippen LogP contribution in [0.5, 0.6) is 0 Å². The fraction of sp³-hybridized carbons (Fsp3) is 0.733. The Labute approximate surface area is 112 Å². The van der Waals surface area contributed by atoms with Crippen molar-refractivity contribution in [1.82, 2.24) is 0 Å². The van der Waals surface area contributed by atoms with Crippen molar-refractivity contribution >= 4 is 11.8 Å². The quantitative estimate of drug-likeness (QED) is 0.624. The van der Waals surface area contributed by atoms with Crippen LogP contribution in [0, 0.1) is 23.2 Å². The predicted molar refractivity (Wildman–Crippen MR) is 67.9 cm³/mol. The smallest absolute Gasteiger partial charge is 0.315 e. The molecule has 5 atom stereocenters. The summed E-state index contributed by atoms with van der Waals surface area (Å²) in [7, 11) is 0. The first-order valence-electron chi connectivity index (χ1n) is 6.95. The van der Waals surface area contributed by atoms with E-state index in [1.807, 2.05) is 6.08 Å². The standard InChI is InChI=1S/C15H20O4/c1-8(16)4-5-10-12-6-11-9(2)13(17)19-15(11,18)7-14(10,12)3/h6,9-10,12,18H,4-5,7H2,1-3H3. The van der Waals surface area contributed by atoms with Crippen LogP contribution in [0.25, 0.3) is 0 Å². The minimum atomic E-state index is -1.40. The van der Waals surface area contributed by atoms with Gasteiger partial charge in [-0.2, -0.15) is 0 Å². The van der Waals surface area contributed by atoms with Crippen LogP contribution in [0.4, 0.5) is 0 Å². The zero-order valence-corrected chi connectivity index (χ0v) is 11.6. The number of fused-ring (bicyclic) bond motifs is 2. The Morgan fingerprint density at radius 1 is 1.58 bits per heavy atom. The molecule has 0 radical (unpaired) electrons. The van der Waals surface area contributed by atoms with Crippen LogP contribution in [0.2, 0.25) is 0 Å². The lowest BCUT2D eigenvalue weighted by Crippen LogP contribution is -2.36. The van der Waals surface area contributed by atoms with Crippen molar-refractivity contribution in [2.75, 3.05) is 0 Å². The fourth-order valence-electron chi connectivity index (χ4n) is 4.02. The third-order valence-corrected chi connectivity index (χ3v) is 5.26. The van der Waals surface area contributed by atoms with Crippen LogP contribution in [-0.4, -0.2) is 22.6 Å². The van der Waals surface area contributed by atoms with Crippen molar-refractivity contribution in [2.24, 2.45) is 23.2 Å². The Hall–Kier alpha value is -1.16. The highest BCUT2D eigenvalue weighted by Gasteiger charge is 2.68. The molecule has 2 fully saturated rings. The van der Waals surface area contributed by atoms with Crippen LogP contribution in [-0.2, 0) is 14.3 Å². The van der Waals surface area contributed by atoms with Gasteiger partial charge in [0.2, 0.25) is 5.79 Å². The van der Waals surface area contributed by atoms with E-state index in [1.54, 1.807) is 13.8 Å². The maximum absolute atomic E-state index is 11.6. The number of carbonyl (C=O) groups excluding carboxylic acids is 2. The van der Waals surface area contributed by atoms with Gasteiger partial charge in [0.25, 0.3) is 0 Å². The zero-order chi connectivity index (χ0) is 14.0. The van der Waals surface area contributed by atoms with Gasteiger partial charge in [-0.1, -0.05) is 13.0 Å². The monoisotopic (exact) mass is 264 g/mol. The van der Waals surface area contributed by atoms with Gasteiger partial charge in [-0.05, 0) is 37.5 Å². The van der Waals surface area contributed by atoms with E-state index in [0.29, 0.717) is 24.7 Å². The highest BCUT2D eigenvalue weighted by Crippen LogP contribution is 2.69.